The summed E-state index contributed by atoms with van der Waals surface area (Å²) >= 11 is 0. The van der Waals surface area contributed by atoms with E-state index in [0.717, 1.165) is 18.2 Å². The van der Waals surface area contributed by atoms with Crippen LogP contribution in [0, 0.1) is 0 Å². The highest BCUT2D eigenvalue weighted by Crippen LogP contribution is 2.72. The number of rotatable bonds is 6. The summed E-state index contributed by atoms with van der Waals surface area (Å²) < 4.78 is 45.4. The van der Waals surface area contributed by atoms with Gasteiger partial charge in [-0.3, -0.25) is 18.3 Å². The molecule has 0 unspecified atom stereocenters. The minimum absolute atomic E-state index is 0.533. The second-order valence-electron chi connectivity index (χ2n) is 4.77. The normalized spacial score (nSPS) is 14.4. The van der Waals surface area contributed by atoms with Gasteiger partial charge < -0.3 is 39.1 Å². The van der Waals surface area contributed by atoms with E-state index in [2.05, 4.69) is 0 Å². The Labute approximate surface area is 134 Å². The first kappa shape index (κ1) is 21.9. The predicted octanol–water partition coefficient (Wildman–Crippen LogP) is 0.395. The topological polar surface area (TPSA) is 230 Å². The van der Waals surface area contributed by atoms with Crippen molar-refractivity contribution in [3.05, 3.63) is 35.4 Å². The zero-order valence-corrected chi connectivity index (χ0v) is 15.0. The Bertz CT molecular complexity index is 688. The van der Waals surface area contributed by atoms with Gasteiger partial charge in [0.1, 0.15) is 0 Å². The first-order chi connectivity index (χ1) is 10.5. The van der Waals surface area contributed by atoms with Crippen molar-refractivity contribution < 1.29 is 57.4 Å². The zero-order chi connectivity index (χ0) is 19.1. The molecule has 0 saturated heterocycles. The third kappa shape index (κ3) is 5.41. The van der Waals surface area contributed by atoms with E-state index in [1.165, 1.54) is 0 Å². The quantitative estimate of drug-likeness (QED) is 0.289. The molecule has 138 valence electrons. The number of hydrogen-bond acceptors (Lipinski definition) is 4. The van der Waals surface area contributed by atoms with Crippen LogP contribution >= 0.6 is 30.4 Å². The van der Waals surface area contributed by atoms with E-state index in [4.69, 9.17) is 39.1 Å². The highest BCUT2D eigenvalue weighted by Gasteiger charge is 2.47. The van der Waals surface area contributed by atoms with Gasteiger partial charge in [-0.2, -0.15) is 0 Å². The van der Waals surface area contributed by atoms with Gasteiger partial charge in [-0.05, 0) is 11.1 Å². The lowest BCUT2D eigenvalue weighted by atomic mass is 10.1. The summed E-state index contributed by atoms with van der Waals surface area (Å²) in [5.41, 5.74) is -1.44. The summed E-state index contributed by atoms with van der Waals surface area (Å²) in [5.74, 6) is 0. The molecular formula is C8H14O12P4. The molecule has 1 rings (SSSR count). The van der Waals surface area contributed by atoms with Gasteiger partial charge in [0.25, 0.3) is 0 Å². The maximum absolute atomic E-state index is 11.3. The van der Waals surface area contributed by atoms with E-state index in [1.54, 1.807) is 0 Å². The van der Waals surface area contributed by atoms with E-state index in [0.29, 0.717) is 6.07 Å². The highest BCUT2D eigenvalue weighted by atomic mass is 31.2. The van der Waals surface area contributed by atoms with Gasteiger partial charge in [-0.15, -0.1) is 0 Å². The van der Waals surface area contributed by atoms with Gasteiger partial charge in [-0.1, -0.05) is 24.3 Å². The van der Waals surface area contributed by atoms with Crippen LogP contribution < -0.4 is 0 Å². The SMILES string of the molecule is O=P(O)(O)C(c1cccc(C(P(=O)(O)O)P(=O)(O)O)c1)P(=O)(O)O. The standard InChI is InChI=1S/C8H14O12P4/c9-21(10,11)7(22(12,13)14)5-2-1-3-6(4-5)8(23(15,16)17)24(18,19)20/h1-4,7-8H,(H2,9,10,11)(H2,12,13,14)(H2,15,16,17)(H2,18,19,20). The van der Waals surface area contributed by atoms with Crippen molar-refractivity contribution in [1.82, 2.24) is 0 Å². The van der Waals surface area contributed by atoms with Crippen LogP contribution in [0.5, 0.6) is 0 Å². The highest BCUT2D eigenvalue weighted by molar-refractivity contribution is 7.70. The van der Waals surface area contributed by atoms with Gasteiger partial charge >= 0.3 is 30.4 Å². The Morgan fingerprint density at radius 2 is 0.833 bits per heavy atom. The Kier molecular flexibility index (Phi) is 6.24. The second-order valence-corrected chi connectivity index (χ2v) is 12.4. The molecule has 0 aliphatic carbocycles. The van der Waals surface area contributed by atoms with Gasteiger partial charge in [0.15, 0.2) is 10.8 Å². The lowest BCUT2D eigenvalue weighted by Crippen LogP contribution is -2.05. The zero-order valence-electron chi connectivity index (χ0n) is 11.5. The van der Waals surface area contributed by atoms with E-state index >= 15 is 0 Å². The summed E-state index contributed by atoms with van der Waals surface area (Å²) in [7, 11) is -21.6. The molecular weight excluding hydrogens is 412 g/mol. The summed E-state index contributed by atoms with van der Waals surface area (Å²) in [5, 5.41) is -5.28. The molecule has 0 radical (unpaired) electrons. The third-order valence-corrected chi connectivity index (χ3v) is 10.1. The smallest absolute Gasteiger partial charge is 0.324 e. The molecule has 0 aliphatic rings. The maximum Gasteiger partial charge on any atom is 0.345 e. The van der Waals surface area contributed by atoms with Crippen molar-refractivity contribution in [3.8, 4) is 0 Å². The van der Waals surface area contributed by atoms with Crippen LogP contribution in [0.4, 0.5) is 0 Å². The fourth-order valence-corrected chi connectivity index (χ4v) is 7.38. The van der Waals surface area contributed by atoms with Crippen LogP contribution in [0.1, 0.15) is 21.9 Å². The molecule has 0 atom stereocenters. The molecule has 1 aromatic carbocycles. The average molecular weight is 426 g/mol. The summed E-state index contributed by atoms with van der Waals surface area (Å²) in [4.78, 5) is 73.0. The molecule has 0 heterocycles. The second kappa shape index (κ2) is 6.85. The average Bonchev–Trinajstić information content (AvgIpc) is 2.20. The van der Waals surface area contributed by atoms with Gasteiger partial charge in [0.2, 0.25) is 0 Å². The van der Waals surface area contributed by atoms with Crippen molar-refractivity contribution in [3.63, 3.8) is 0 Å². The molecule has 12 nitrogen and oxygen atoms in total. The van der Waals surface area contributed by atoms with E-state index < -0.39 is 52.3 Å². The number of benzene rings is 1. The monoisotopic (exact) mass is 426 g/mol. The summed E-state index contributed by atoms with van der Waals surface area (Å²) in [6, 6.07) is 3.14. The van der Waals surface area contributed by atoms with Crippen LogP contribution in [0.3, 0.4) is 0 Å². The first-order valence-corrected chi connectivity index (χ1v) is 12.5. The van der Waals surface area contributed by atoms with Crippen molar-refractivity contribution in [2.75, 3.05) is 0 Å². The molecule has 0 aromatic heterocycles. The Balaban J connectivity index is 3.63. The maximum atomic E-state index is 11.3. The lowest BCUT2D eigenvalue weighted by molar-refractivity contribution is 0.337. The molecule has 0 bridgehead atoms. The molecule has 24 heavy (non-hydrogen) atoms. The van der Waals surface area contributed by atoms with Crippen LogP contribution in [0.15, 0.2) is 24.3 Å². The Morgan fingerprint density at radius 1 is 0.583 bits per heavy atom. The van der Waals surface area contributed by atoms with E-state index in [1.807, 2.05) is 0 Å². The van der Waals surface area contributed by atoms with Crippen LogP contribution in [-0.2, 0) is 18.3 Å². The molecule has 0 saturated carbocycles. The molecule has 0 spiro atoms. The molecule has 0 aliphatic heterocycles. The summed E-state index contributed by atoms with van der Waals surface area (Å²) in [6.45, 7) is 0. The van der Waals surface area contributed by atoms with Gasteiger partial charge in [-0.25, -0.2) is 0 Å². The molecule has 8 N–H and O–H groups in total. The molecule has 1 aromatic rings. The Morgan fingerprint density at radius 3 is 1.04 bits per heavy atom. The van der Waals surface area contributed by atoms with Crippen molar-refractivity contribution in [2.45, 2.75) is 10.8 Å². The fourth-order valence-electron chi connectivity index (χ4n) is 2.05. The first-order valence-electron chi connectivity index (χ1n) is 5.76. The minimum Gasteiger partial charge on any atom is -0.324 e. The number of hydrogen-bond donors (Lipinski definition) is 8. The van der Waals surface area contributed by atoms with Crippen LogP contribution in [0.25, 0.3) is 0 Å². The van der Waals surface area contributed by atoms with Crippen LogP contribution in [0.2, 0.25) is 0 Å². The fraction of sp³-hybridized carbons (Fsp3) is 0.250. The lowest BCUT2D eigenvalue weighted by Gasteiger charge is -2.23. The molecule has 16 heteroatoms. The van der Waals surface area contributed by atoms with E-state index in [9.17, 15) is 18.3 Å². The van der Waals surface area contributed by atoms with Gasteiger partial charge in [0.05, 0.1) is 0 Å². The molecule has 0 fully saturated rings. The summed E-state index contributed by atoms with van der Waals surface area (Å²) in [6.07, 6.45) is 0. The van der Waals surface area contributed by atoms with Crippen LogP contribution in [-0.4, -0.2) is 39.1 Å². The van der Waals surface area contributed by atoms with E-state index in [-0.39, 0.29) is 0 Å². The van der Waals surface area contributed by atoms with Crippen molar-refractivity contribution in [2.24, 2.45) is 0 Å². The minimum atomic E-state index is -5.40. The van der Waals surface area contributed by atoms with Gasteiger partial charge in [0, 0.05) is 0 Å². The van der Waals surface area contributed by atoms with Crippen molar-refractivity contribution >= 4 is 30.4 Å². The van der Waals surface area contributed by atoms with Crippen molar-refractivity contribution in [1.29, 1.82) is 0 Å². The third-order valence-electron chi connectivity index (χ3n) is 2.78. The molecule has 0 amide bonds. The largest absolute Gasteiger partial charge is 0.345 e. The Hall–Kier alpha value is -0.180. The predicted molar refractivity (Wildman–Crippen MR) is 80.1 cm³/mol.